The van der Waals surface area contributed by atoms with Gasteiger partial charge in [0.2, 0.25) is 0 Å². The van der Waals surface area contributed by atoms with Crippen LogP contribution < -0.4 is 15.2 Å². The molecule has 0 aromatic heterocycles. The second kappa shape index (κ2) is 9.56. The highest BCUT2D eigenvalue weighted by molar-refractivity contribution is 5.76. The van der Waals surface area contributed by atoms with Crippen molar-refractivity contribution in [3.05, 3.63) is 23.2 Å². The van der Waals surface area contributed by atoms with Gasteiger partial charge in [-0.15, -0.1) is 0 Å². The predicted molar refractivity (Wildman–Crippen MR) is 118 cm³/mol. The van der Waals surface area contributed by atoms with Crippen LogP contribution in [0.1, 0.15) is 82.2 Å². The highest BCUT2D eigenvalue weighted by Crippen LogP contribution is 2.44. The number of fused-ring (bicyclic) bond motifs is 3. The molecule has 1 fully saturated rings. The SMILES string of the molecule is [2H]c1c(OC([2H])([2H])[2H])c(OC)c([2H])c2c1C1CC([2H])(OC(=O)[C@@]([2H])(N)C([2H])(C([2H])([2H])[2H])C([2H])([2H])[2H])C(CC(C)C)CN1C([2H])([2H])C2([2H])[2H]. The Hall–Kier alpha value is -1.79. The number of rotatable bonds is 7. The van der Waals surface area contributed by atoms with Gasteiger partial charge < -0.3 is 19.9 Å². The lowest BCUT2D eigenvalue weighted by atomic mass is 9.79. The van der Waals surface area contributed by atoms with Crippen LogP contribution >= 0.6 is 0 Å². The molecule has 2 aliphatic rings. The van der Waals surface area contributed by atoms with Gasteiger partial charge in [-0.3, -0.25) is 9.69 Å². The second-order valence-electron chi connectivity index (χ2n) is 7.58. The largest absolute Gasteiger partial charge is 0.493 e. The number of methoxy groups -OCH3 is 2. The molecule has 3 rings (SSSR count). The Bertz CT molecular complexity index is 1410. The molecule has 0 aliphatic carbocycles. The number of hydrogen-bond donors (Lipinski definition) is 1. The van der Waals surface area contributed by atoms with Crippen molar-refractivity contribution >= 4 is 5.97 Å². The van der Waals surface area contributed by atoms with Crippen molar-refractivity contribution in [3.8, 4) is 11.5 Å². The summed E-state index contributed by atoms with van der Waals surface area (Å²) in [4.78, 5) is 14.5. The monoisotopic (exact) mass is 436 g/mol. The van der Waals surface area contributed by atoms with Gasteiger partial charge in [0.05, 0.1) is 23.7 Å². The minimum absolute atomic E-state index is 0.0144. The van der Waals surface area contributed by atoms with E-state index in [0.29, 0.717) is 0 Å². The lowest BCUT2D eigenvalue weighted by Crippen LogP contribution is -2.51. The van der Waals surface area contributed by atoms with Crippen LogP contribution in [0.3, 0.4) is 0 Å². The Kier molecular flexibility index (Phi) is 2.86. The van der Waals surface area contributed by atoms with Gasteiger partial charge in [0.15, 0.2) is 11.5 Å². The maximum atomic E-state index is 13.6. The first-order valence-electron chi connectivity index (χ1n) is 18.4. The molecule has 0 bridgehead atoms. The van der Waals surface area contributed by atoms with Crippen LogP contribution in [0.15, 0.2) is 12.1 Å². The van der Waals surface area contributed by atoms with Gasteiger partial charge in [0, 0.05) is 46.5 Å². The van der Waals surface area contributed by atoms with Crippen LogP contribution in [0, 0.1) is 17.7 Å². The van der Waals surface area contributed by atoms with E-state index in [4.69, 9.17) is 43.2 Å². The fourth-order valence-electron chi connectivity index (χ4n) is 3.66. The van der Waals surface area contributed by atoms with Crippen LogP contribution in [-0.2, 0) is 15.9 Å². The highest BCUT2D eigenvalue weighted by atomic mass is 16.5. The van der Waals surface area contributed by atoms with Gasteiger partial charge in [-0.2, -0.15) is 0 Å². The third kappa shape index (κ3) is 4.75. The first-order valence-corrected chi connectivity index (χ1v) is 9.44. The average Bonchev–Trinajstić information content (AvgIpc) is 2.87. The summed E-state index contributed by atoms with van der Waals surface area (Å²) in [5.41, 5.74) is 4.50. The summed E-state index contributed by atoms with van der Waals surface area (Å²) < 4.78 is 163. The summed E-state index contributed by atoms with van der Waals surface area (Å²) in [5.74, 6) is -9.02. The number of carbonyl (C=O) groups is 1. The standard InChI is InChI=1S/C24H38N2O4/c1-14(2)9-17-13-26-8-7-16-10-21(28-5)22(29-6)11-18(16)19(26)12-20(17)30-24(27)23(25)15(3)4/h10-11,14-15,17,19-20,23H,7-9,12-13,25H2,1-6H3/t17?,19?,20?,23-/m0/s1/i3D3,4D3,6D3,7D2,8D2,10D,11D,15D,20D,23D. The van der Waals surface area contributed by atoms with Gasteiger partial charge in [-0.1, -0.05) is 27.6 Å². The van der Waals surface area contributed by atoms with Crippen LogP contribution in [-0.4, -0.2) is 50.2 Å². The maximum absolute atomic E-state index is 13.6. The molecule has 0 saturated carbocycles. The molecule has 3 unspecified atom stereocenters. The van der Waals surface area contributed by atoms with Crippen molar-refractivity contribution in [2.75, 3.05) is 27.2 Å². The lowest BCUT2D eigenvalue weighted by Gasteiger charge is -2.47. The summed E-state index contributed by atoms with van der Waals surface area (Å²) >= 11 is 0. The van der Waals surface area contributed by atoms with Gasteiger partial charge in [0.25, 0.3) is 0 Å². The molecule has 4 atom stereocenters. The Morgan fingerprint density at radius 1 is 1.43 bits per heavy atom. The quantitative estimate of drug-likeness (QED) is 0.659. The van der Waals surface area contributed by atoms with Crippen LogP contribution in [0.4, 0.5) is 0 Å². The summed E-state index contributed by atoms with van der Waals surface area (Å²) in [6.07, 6.45) is -6.52. The Morgan fingerprint density at radius 3 is 2.87 bits per heavy atom. The van der Waals surface area contributed by atoms with Gasteiger partial charge in [0.1, 0.15) is 12.1 Å². The number of piperidine rings is 1. The van der Waals surface area contributed by atoms with Crippen molar-refractivity contribution in [3.63, 3.8) is 0 Å². The number of ether oxygens (including phenoxy) is 3. The molecule has 1 aromatic rings. The van der Waals surface area contributed by atoms with Crippen LogP contribution in [0.2, 0.25) is 0 Å². The first kappa shape index (κ1) is 8.99. The number of nitrogens with two attached hydrogens (primary N) is 1. The van der Waals surface area contributed by atoms with E-state index in [0.717, 1.165) is 12.0 Å². The Labute approximate surface area is 206 Å². The molecule has 0 spiro atoms. The fourth-order valence-corrected chi connectivity index (χ4v) is 3.66. The molecule has 6 nitrogen and oxygen atoms in total. The zero-order valence-electron chi connectivity index (χ0n) is 35.0. The number of nitrogens with zero attached hydrogens (tertiary/aromatic N) is 1. The second-order valence-corrected chi connectivity index (χ2v) is 7.58. The van der Waals surface area contributed by atoms with Crippen LogP contribution in [0.25, 0.3) is 0 Å². The summed E-state index contributed by atoms with van der Waals surface area (Å²) in [6.45, 7) is -7.82. The fraction of sp³-hybridized carbons (Fsp3) is 0.708. The Balaban J connectivity index is 2.33. The van der Waals surface area contributed by atoms with Crippen molar-refractivity contribution in [2.45, 2.75) is 64.9 Å². The van der Waals surface area contributed by atoms with Crippen LogP contribution in [0.5, 0.6) is 11.5 Å². The Morgan fingerprint density at radius 2 is 2.20 bits per heavy atom. The first-order chi connectivity index (χ1) is 21.2. The normalized spacial score (nSPS) is 42.2. The van der Waals surface area contributed by atoms with E-state index in [9.17, 15) is 6.17 Å². The van der Waals surface area contributed by atoms with Gasteiger partial charge in [-0.05, 0) is 47.8 Å². The molecular weight excluding hydrogens is 380 g/mol. The lowest BCUT2D eigenvalue weighted by molar-refractivity contribution is -0.160. The third-order valence-corrected chi connectivity index (χ3v) is 5.04. The minimum atomic E-state index is -3.95. The van der Waals surface area contributed by atoms with E-state index >= 15 is 0 Å². The van der Waals surface area contributed by atoms with Crippen molar-refractivity contribution in [2.24, 2.45) is 23.5 Å². The molecule has 0 amide bonds. The van der Waals surface area contributed by atoms with Crippen molar-refractivity contribution in [1.82, 2.24) is 4.90 Å². The van der Waals surface area contributed by atoms with E-state index in [2.05, 4.69) is 0 Å². The van der Waals surface area contributed by atoms with Crippen molar-refractivity contribution < 1.29 is 43.7 Å². The predicted octanol–water partition coefficient (Wildman–Crippen LogP) is 3.56. The van der Waals surface area contributed by atoms with Gasteiger partial charge in [-0.25, -0.2) is 0 Å². The zero-order valence-corrected chi connectivity index (χ0v) is 17.0. The van der Waals surface area contributed by atoms with E-state index in [1.807, 2.05) is 0 Å². The van der Waals surface area contributed by atoms with Gasteiger partial charge >= 0.3 is 5.97 Å². The molecule has 6 heteroatoms. The molecule has 0 radical (unpaired) electrons. The molecule has 2 N–H and O–H groups in total. The topological polar surface area (TPSA) is 74.0 Å². The molecule has 30 heavy (non-hydrogen) atoms. The molecule has 2 aliphatic heterocycles. The number of carbonyl (C=O) groups excluding carboxylic acids is 1. The number of hydrogen-bond acceptors (Lipinski definition) is 6. The van der Waals surface area contributed by atoms with E-state index in [-0.39, 0.29) is 12.3 Å². The molecule has 2 heterocycles. The summed E-state index contributed by atoms with van der Waals surface area (Å²) in [5, 5.41) is 0. The number of esters is 1. The summed E-state index contributed by atoms with van der Waals surface area (Å²) in [7, 11) is -2.19. The highest BCUT2D eigenvalue weighted by Gasteiger charge is 2.41. The molecule has 1 saturated heterocycles. The summed E-state index contributed by atoms with van der Waals surface area (Å²) in [6, 6.07) is -7.12. The van der Waals surface area contributed by atoms with E-state index in [1.54, 1.807) is 13.8 Å². The van der Waals surface area contributed by atoms with E-state index < -0.39 is 117 Å². The number of benzene rings is 1. The average molecular weight is 437 g/mol. The third-order valence-electron chi connectivity index (χ3n) is 5.04. The zero-order chi connectivity index (χ0) is 37.6. The smallest absolute Gasteiger partial charge is 0.323 e. The minimum Gasteiger partial charge on any atom is -0.493 e. The molecule has 168 valence electrons. The maximum Gasteiger partial charge on any atom is 0.323 e. The van der Waals surface area contributed by atoms with Crippen molar-refractivity contribution in [1.29, 1.82) is 0 Å². The van der Waals surface area contributed by atoms with E-state index in [1.165, 1.54) is 0 Å². The molecule has 1 aromatic carbocycles. The molecular formula is C24H38N2O4.